The van der Waals surface area contributed by atoms with Gasteiger partial charge in [-0.05, 0) is 25.3 Å². The molecule has 2 N–H and O–H groups in total. The smallest absolute Gasteiger partial charge is 0.0487 e. The van der Waals surface area contributed by atoms with Crippen LogP contribution in [0.2, 0.25) is 0 Å². The van der Waals surface area contributed by atoms with Crippen LogP contribution in [0.25, 0.3) is 0 Å². The summed E-state index contributed by atoms with van der Waals surface area (Å²) in [5, 5.41) is 0. The molecule has 0 bridgehead atoms. The summed E-state index contributed by atoms with van der Waals surface area (Å²) < 4.78 is 0. The van der Waals surface area contributed by atoms with Crippen LogP contribution >= 0.6 is 0 Å². The quantitative estimate of drug-likeness (QED) is 0.353. The highest BCUT2D eigenvalue weighted by Gasteiger charge is 2.02. The number of nitrogens with one attached hydrogen (secondary N) is 2. The van der Waals surface area contributed by atoms with Gasteiger partial charge in [-0.3, -0.25) is 0 Å². The Morgan fingerprint density at radius 2 is 1.94 bits per heavy atom. The van der Waals surface area contributed by atoms with Crippen LogP contribution in [0.1, 0.15) is 46.0 Å². The first-order valence-electron chi connectivity index (χ1n) is 6.11. The molecular weight excluding hydrogens is 196 g/mol. The number of rotatable bonds is 9. The van der Waals surface area contributed by atoms with Crippen LogP contribution in [0, 0.1) is 0 Å². The Labute approximate surface area is 100 Å². The zero-order valence-corrected chi connectivity index (χ0v) is 11.0. The van der Waals surface area contributed by atoms with E-state index in [2.05, 4.69) is 37.9 Å². The van der Waals surface area contributed by atoms with E-state index in [1.165, 1.54) is 31.3 Å². The molecule has 0 aliphatic heterocycles. The topological polar surface area (TPSA) is 24.1 Å². The molecular formula is C14H26N2. The molecule has 2 nitrogen and oxygen atoms in total. The van der Waals surface area contributed by atoms with E-state index < -0.39 is 0 Å². The fraction of sp³-hybridized carbons (Fsp3) is 0.571. The molecule has 0 aromatic heterocycles. The van der Waals surface area contributed by atoms with Crippen molar-refractivity contribution in [2.45, 2.75) is 46.0 Å². The Kier molecular flexibility index (Phi) is 8.64. The number of hydrogen-bond donors (Lipinski definition) is 2. The lowest BCUT2D eigenvalue weighted by Gasteiger charge is -2.12. The largest absolute Gasteiger partial charge is 0.322 e. The first kappa shape index (κ1) is 15.0. The van der Waals surface area contributed by atoms with Gasteiger partial charge in [0, 0.05) is 12.7 Å². The minimum atomic E-state index is 0.894. The summed E-state index contributed by atoms with van der Waals surface area (Å²) in [6, 6.07) is 0. The molecule has 16 heavy (non-hydrogen) atoms. The van der Waals surface area contributed by atoms with E-state index in [9.17, 15) is 0 Å². The third-order valence-electron chi connectivity index (χ3n) is 2.67. The summed E-state index contributed by atoms with van der Waals surface area (Å²) in [4.78, 5) is 0. The van der Waals surface area contributed by atoms with E-state index >= 15 is 0 Å². The fourth-order valence-electron chi connectivity index (χ4n) is 1.72. The van der Waals surface area contributed by atoms with Gasteiger partial charge in [0.15, 0.2) is 0 Å². The van der Waals surface area contributed by atoms with Crippen molar-refractivity contribution >= 4 is 0 Å². The molecule has 0 atom stereocenters. The van der Waals surface area contributed by atoms with Gasteiger partial charge >= 0.3 is 0 Å². The lowest BCUT2D eigenvalue weighted by Crippen LogP contribution is -2.27. The normalized spacial score (nSPS) is 11.9. The average Bonchev–Trinajstić information content (AvgIpc) is 2.26. The lowest BCUT2D eigenvalue weighted by molar-refractivity contribution is 0.659. The highest BCUT2D eigenvalue weighted by molar-refractivity contribution is 5.39. The van der Waals surface area contributed by atoms with E-state index in [-0.39, 0.29) is 0 Å². The minimum absolute atomic E-state index is 0.894. The molecule has 0 aromatic carbocycles. The molecule has 0 radical (unpaired) electrons. The zero-order valence-electron chi connectivity index (χ0n) is 11.0. The molecule has 0 spiro atoms. The van der Waals surface area contributed by atoms with Gasteiger partial charge in [-0.25, -0.2) is 5.43 Å². The zero-order chi connectivity index (χ0) is 12.4. The molecule has 0 saturated carbocycles. The Morgan fingerprint density at radius 3 is 2.44 bits per heavy atom. The predicted molar refractivity (Wildman–Crippen MR) is 73.0 cm³/mol. The van der Waals surface area contributed by atoms with Gasteiger partial charge < -0.3 is 5.43 Å². The molecule has 0 aromatic rings. The minimum Gasteiger partial charge on any atom is -0.322 e. The highest BCUT2D eigenvalue weighted by Crippen LogP contribution is 2.18. The summed E-state index contributed by atoms with van der Waals surface area (Å²) in [6.45, 7) is 12.2. The first-order valence-corrected chi connectivity index (χ1v) is 6.11. The van der Waals surface area contributed by atoms with Crippen molar-refractivity contribution in [3.8, 4) is 0 Å². The van der Waals surface area contributed by atoms with Crippen LogP contribution < -0.4 is 10.9 Å². The molecule has 0 unspecified atom stereocenters. The van der Waals surface area contributed by atoms with E-state index in [0.29, 0.717) is 0 Å². The van der Waals surface area contributed by atoms with Crippen LogP contribution in [-0.4, -0.2) is 7.05 Å². The van der Waals surface area contributed by atoms with Crippen molar-refractivity contribution in [1.82, 2.24) is 10.9 Å². The van der Waals surface area contributed by atoms with Crippen molar-refractivity contribution < 1.29 is 0 Å². The van der Waals surface area contributed by atoms with Crippen molar-refractivity contribution in [3.63, 3.8) is 0 Å². The molecule has 0 amide bonds. The van der Waals surface area contributed by atoms with Gasteiger partial charge in [0.2, 0.25) is 0 Å². The third-order valence-corrected chi connectivity index (χ3v) is 2.67. The average molecular weight is 222 g/mol. The molecule has 0 heterocycles. The van der Waals surface area contributed by atoms with Crippen LogP contribution in [-0.2, 0) is 0 Å². The van der Waals surface area contributed by atoms with Crippen LogP contribution in [0.15, 0.2) is 36.1 Å². The van der Waals surface area contributed by atoms with Crippen LogP contribution in [0.3, 0.4) is 0 Å². The SMILES string of the molecule is C=C/C(C(=C)NNC)=C(\C)CCCCCC. The number of allylic oxidation sites excluding steroid dienone is 2. The maximum atomic E-state index is 3.98. The second-order valence-corrected chi connectivity index (χ2v) is 4.06. The number of hydrazine groups is 1. The summed E-state index contributed by atoms with van der Waals surface area (Å²) in [5.74, 6) is 0. The van der Waals surface area contributed by atoms with Gasteiger partial charge in [-0.2, -0.15) is 0 Å². The van der Waals surface area contributed by atoms with Crippen molar-refractivity contribution in [3.05, 3.63) is 36.1 Å². The molecule has 92 valence electrons. The Hall–Kier alpha value is -1.02. The Morgan fingerprint density at radius 1 is 1.25 bits per heavy atom. The number of hydrogen-bond acceptors (Lipinski definition) is 2. The molecule has 0 aliphatic carbocycles. The second-order valence-electron chi connectivity index (χ2n) is 4.06. The maximum Gasteiger partial charge on any atom is 0.0487 e. The van der Waals surface area contributed by atoms with E-state index in [1.54, 1.807) is 0 Å². The third kappa shape index (κ3) is 5.76. The molecule has 0 saturated heterocycles. The van der Waals surface area contributed by atoms with E-state index in [0.717, 1.165) is 17.7 Å². The van der Waals surface area contributed by atoms with E-state index in [4.69, 9.17) is 0 Å². The Balaban J connectivity index is 4.26. The van der Waals surface area contributed by atoms with Gasteiger partial charge in [0.25, 0.3) is 0 Å². The van der Waals surface area contributed by atoms with Crippen LogP contribution in [0.5, 0.6) is 0 Å². The predicted octanol–water partition coefficient (Wildman–Crippen LogP) is 3.70. The number of unbranched alkanes of at least 4 members (excludes halogenated alkanes) is 3. The van der Waals surface area contributed by atoms with Gasteiger partial charge in [0.1, 0.15) is 0 Å². The summed E-state index contributed by atoms with van der Waals surface area (Å²) in [7, 11) is 1.84. The Bertz CT molecular complexity index is 251. The fourth-order valence-corrected chi connectivity index (χ4v) is 1.72. The second kappa shape index (κ2) is 9.22. The van der Waals surface area contributed by atoms with Crippen molar-refractivity contribution in [2.24, 2.45) is 0 Å². The van der Waals surface area contributed by atoms with Crippen LogP contribution in [0.4, 0.5) is 0 Å². The summed E-state index contributed by atoms with van der Waals surface area (Å²) >= 11 is 0. The summed E-state index contributed by atoms with van der Waals surface area (Å²) in [6.07, 6.45) is 8.18. The standard InChI is InChI=1S/C14H26N2/c1-6-8-9-10-11-12(3)14(7-2)13(4)16-15-5/h7,15-16H,2,4,6,8-11H2,1,3,5H3/b14-12-. The molecule has 0 rings (SSSR count). The van der Waals surface area contributed by atoms with Gasteiger partial charge in [0.05, 0.1) is 0 Å². The molecule has 2 heteroatoms. The first-order chi connectivity index (χ1) is 7.67. The monoisotopic (exact) mass is 222 g/mol. The summed E-state index contributed by atoms with van der Waals surface area (Å²) in [5.41, 5.74) is 9.27. The van der Waals surface area contributed by atoms with Crippen molar-refractivity contribution in [2.75, 3.05) is 7.05 Å². The molecule has 0 aliphatic rings. The van der Waals surface area contributed by atoms with Gasteiger partial charge in [-0.15, -0.1) is 0 Å². The highest BCUT2D eigenvalue weighted by atomic mass is 15.3. The molecule has 0 fully saturated rings. The lowest BCUT2D eigenvalue weighted by atomic mass is 10.0. The van der Waals surface area contributed by atoms with E-state index in [1.807, 2.05) is 13.1 Å². The van der Waals surface area contributed by atoms with Crippen molar-refractivity contribution in [1.29, 1.82) is 0 Å². The van der Waals surface area contributed by atoms with Gasteiger partial charge in [-0.1, -0.05) is 51.0 Å². The maximum absolute atomic E-state index is 3.98.